The average Bonchev–Trinajstić information content (AvgIpc) is 2.93. The van der Waals surface area contributed by atoms with E-state index in [0.717, 1.165) is 11.1 Å². The summed E-state index contributed by atoms with van der Waals surface area (Å²) in [6.07, 6.45) is 7.80. The van der Waals surface area contributed by atoms with Gasteiger partial charge in [0.1, 0.15) is 6.33 Å². The Labute approximate surface area is 118 Å². The van der Waals surface area contributed by atoms with Crippen LogP contribution < -0.4 is 0 Å². The van der Waals surface area contributed by atoms with Crippen molar-refractivity contribution in [1.82, 2.24) is 24.6 Å². The van der Waals surface area contributed by atoms with Crippen LogP contribution in [-0.4, -0.2) is 30.5 Å². The van der Waals surface area contributed by atoms with Gasteiger partial charge in [0.15, 0.2) is 5.65 Å². The quantitative estimate of drug-likeness (QED) is 0.727. The van der Waals surface area contributed by atoms with Crippen LogP contribution in [0.4, 0.5) is 8.78 Å². The molecule has 106 valence electrons. The van der Waals surface area contributed by atoms with Crippen LogP contribution in [-0.2, 0) is 0 Å². The second kappa shape index (κ2) is 4.28. The van der Waals surface area contributed by atoms with E-state index in [2.05, 4.69) is 20.1 Å². The summed E-state index contributed by atoms with van der Waals surface area (Å²) in [6.45, 7) is 0. The SMILES string of the molecule is FC1(F)CC(c2cc(-c3cncnc3)nn3ccnc23)C1. The van der Waals surface area contributed by atoms with Crippen LogP contribution in [0.25, 0.3) is 16.9 Å². The minimum absolute atomic E-state index is 0.135. The molecule has 0 radical (unpaired) electrons. The fourth-order valence-electron chi connectivity index (χ4n) is 2.70. The second-order valence-corrected chi connectivity index (χ2v) is 5.27. The number of hydrogen-bond donors (Lipinski definition) is 0. The van der Waals surface area contributed by atoms with Crippen molar-refractivity contribution < 1.29 is 8.78 Å². The van der Waals surface area contributed by atoms with Crippen molar-refractivity contribution in [1.29, 1.82) is 0 Å². The summed E-state index contributed by atoms with van der Waals surface area (Å²) < 4.78 is 27.9. The van der Waals surface area contributed by atoms with Crippen LogP contribution in [0.1, 0.15) is 24.3 Å². The van der Waals surface area contributed by atoms with E-state index in [4.69, 9.17) is 0 Å². The lowest BCUT2D eigenvalue weighted by Gasteiger charge is -2.35. The standard InChI is InChI=1S/C14H11F2N5/c15-14(16)4-9(5-14)11-3-12(10-6-17-8-18-7-10)20-21-2-1-19-13(11)21/h1-3,6-9H,4-5H2. The Morgan fingerprint density at radius 2 is 1.95 bits per heavy atom. The van der Waals surface area contributed by atoms with Gasteiger partial charge < -0.3 is 0 Å². The van der Waals surface area contributed by atoms with Gasteiger partial charge in [0.2, 0.25) is 5.92 Å². The van der Waals surface area contributed by atoms with Crippen molar-refractivity contribution in [3.8, 4) is 11.3 Å². The fraction of sp³-hybridized carbons (Fsp3) is 0.286. The smallest absolute Gasteiger partial charge is 0.244 e. The Kier molecular flexibility index (Phi) is 2.51. The van der Waals surface area contributed by atoms with Crippen molar-refractivity contribution in [2.75, 3.05) is 0 Å². The molecule has 3 aromatic heterocycles. The molecule has 3 heterocycles. The van der Waals surface area contributed by atoms with Crippen molar-refractivity contribution in [3.63, 3.8) is 0 Å². The lowest BCUT2D eigenvalue weighted by molar-refractivity contribution is -0.0865. The molecule has 0 unspecified atom stereocenters. The Morgan fingerprint density at radius 1 is 1.19 bits per heavy atom. The Bertz CT molecular complexity index is 791. The van der Waals surface area contributed by atoms with Gasteiger partial charge in [0.25, 0.3) is 0 Å². The van der Waals surface area contributed by atoms with Crippen molar-refractivity contribution in [3.05, 3.63) is 42.7 Å². The first kappa shape index (κ1) is 12.3. The fourth-order valence-corrected chi connectivity index (χ4v) is 2.70. The summed E-state index contributed by atoms with van der Waals surface area (Å²) in [6, 6.07) is 1.82. The van der Waals surface area contributed by atoms with Crippen LogP contribution in [0.15, 0.2) is 37.2 Å². The van der Waals surface area contributed by atoms with Crippen LogP contribution in [0.2, 0.25) is 0 Å². The topological polar surface area (TPSA) is 56.0 Å². The maximum atomic E-state index is 13.2. The van der Waals surface area contributed by atoms with Crippen LogP contribution in [0, 0.1) is 0 Å². The number of alkyl halides is 2. The zero-order valence-corrected chi connectivity index (χ0v) is 10.9. The van der Waals surface area contributed by atoms with Crippen molar-refractivity contribution in [2.24, 2.45) is 0 Å². The van der Waals surface area contributed by atoms with Crippen LogP contribution in [0.5, 0.6) is 0 Å². The van der Waals surface area contributed by atoms with Gasteiger partial charge in [0, 0.05) is 48.8 Å². The summed E-state index contributed by atoms with van der Waals surface area (Å²) in [4.78, 5) is 12.2. The highest BCUT2D eigenvalue weighted by Gasteiger charge is 2.46. The number of rotatable bonds is 2. The predicted octanol–water partition coefficient (Wildman–Crippen LogP) is 2.70. The molecule has 1 fully saturated rings. The number of imidazole rings is 1. The first-order valence-electron chi connectivity index (χ1n) is 6.60. The highest BCUT2D eigenvalue weighted by atomic mass is 19.3. The van der Waals surface area contributed by atoms with E-state index in [1.54, 1.807) is 29.3 Å². The van der Waals surface area contributed by atoms with E-state index in [1.807, 2.05) is 6.07 Å². The number of hydrogen-bond acceptors (Lipinski definition) is 4. The van der Waals surface area contributed by atoms with Gasteiger partial charge in [-0.25, -0.2) is 28.2 Å². The Morgan fingerprint density at radius 3 is 2.67 bits per heavy atom. The van der Waals surface area contributed by atoms with Gasteiger partial charge >= 0.3 is 0 Å². The van der Waals surface area contributed by atoms with E-state index in [1.165, 1.54) is 6.33 Å². The third kappa shape index (κ3) is 2.05. The van der Waals surface area contributed by atoms with Gasteiger partial charge in [-0.2, -0.15) is 5.10 Å². The molecule has 7 heteroatoms. The maximum Gasteiger partial charge on any atom is 0.249 e. The third-order valence-corrected chi connectivity index (χ3v) is 3.77. The molecule has 0 saturated heterocycles. The molecule has 0 amide bonds. The second-order valence-electron chi connectivity index (χ2n) is 5.27. The molecule has 21 heavy (non-hydrogen) atoms. The molecule has 0 N–H and O–H groups in total. The van der Waals surface area contributed by atoms with Gasteiger partial charge in [-0.3, -0.25) is 0 Å². The van der Waals surface area contributed by atoms with Crippen LogP contribution >= 0.6 is 0 Å². The van der Waals surface area contributed by atoms with Gasteiger partial charge in [-0.05, 0) is 12.0 Å². The zero-order chi connectivity index (χ0) is 14.4. The lowest BCUT2D eigenvalue weighted by Crippen LogP contribution is -2.34. The molecule has 1 aliphatic carbocycles. The van der Waals surface area contributed by atoms with Gasteiger partial charge in [-0.15, -0.1) is 0 Å². The molecule has 0 aliphatic heterocycles. The number of halogens is 2. The van der Waals surface area contributed by atoms with Gasteiger partial charge in [0.05, 0.1) is 5.69 Å². The monoisotopic (exact) mass is 287 g/mol. The largest absolute Gasteiger partial charge is 0.249 e. The highest BCUT2D eigenvalue weighted by molar-refractivity contribution is 5.62. The Hall–Kier alpha value is -2.44. The molecule has 1 saturated carbocycles. The maximum absolute atomic E-state index is 13.2. The summed E-state index contributed by atoms with van der Waals surface area (Å²) in [5.41, 5.74) is 2.85. The highest BCUT2D eigenvalue weighted by Crippen LogP contribution is 2.49. The number of nitrogens with zero attached hydrogens (tertiary/aromatic N) is 5. The van der Waals surface area contributed by atoms with E-state index >= 15 is 0 Å². The molecular formula is C14H11F2N5. The third-order valence-electron chi connectivity index (χ3n) is 3.77. The lowest BCUT2D eigenvalue weighted by atomic mass is 9.77. The molecule has 0 atom stereocenters. The minimum atomic E-state index is -2.56. The zero-order valence-electron chi connectivity index (χ0n) is 10.9. The molecule has 0 spiro atoms. The molecule has 1 aliphatic rings. The summed E-state index contributed by atoms with van der Waals surface area (Å²) in [5.74, 6) is -2.75. The predicted molar refractivity (Wildman–Crippen MR) is 70.9 cm³/mol. The van der Waals surface area contributed by atoms with Crippen molar-refractivity contribution in [2.45, 2.75) is 24.7 Å². The van der Waals surface area contributed by atoms with E-state index in [-0.39, 0.29) is 18.8 Å². The summed E-state index contributed by atoms with van der Waals surface area (Å²) in [5, 5.41) is 4.43. The van der Waals surface area contributed by atoms with E-state index in [0.29, 0.717) is 11.3 Å². The molecule has 3 aromatic rings. The Balaban J connectivity index is 1.84. The van der Waals surface area contributed by atoms with Crippen LogP contribution in [0.3, 0.4) is 0 Å². The molecule has 0 bridgehead atoms. The number of fused-ring (bicyclic) bond motifs is 1. The molecule has 0 aromatic carbocycles. The first-order valence-corrected chi connectivity index (χ1v) is 6.60. The summed E-state index contributed by atoms with van der Waals surface area (Å²) >= 11 is 0. The van der Waals surface area contributed by atoms with E-state index < -0.39 is 5.92 Å². The van der Waals surface area contributed by atoms with Crippen molar-refractivity contribution >= 4 is 5.65 Å². The van der Waals surface area contributed by atoms with Gasteiger partial charge in [-0.1, -0.05) is 0 Å². The first-order chi connectivity index (χ1) is 10.1. The van der Waals surface area contributed by atoms with E-state index in [9.17, 15) is 8.78 Å². The summed E-state index contributed by atoms with van der Waals surface area (Å²) in [7, 11) is 0. The minimum Gasteiger partial charge on any atom is -0.244 e. The average molecular weight is 287 g/mol. The normalized spacial score (nSPS) is 17.8. The molecule has 4 rings (SSSR count). The molecule has 5 nitrogen and oxygen atoms in total. The molecular weight excluding hydrogens is 276 g/mol. The number of aromatic nitrogens is 5.